The van der Waals surface area contributed by atoms with E-state index < -0.39 is 0 Å². The summed E-state index contributed by atoms with van der Waals surface area (Å²) in [5.74, 6) is 2.06. The Kier molecular flexibility index (Phi) is 112. The summed E-state index contributed by atoms with van der Waals surface area (Å²) < 4.78 is 0. The first-order valence-electron chi connectivity index (χ1n) is 6.90. The van der Waals surface area contributed by atoms with E-state index in [0.29, 0.717) is 6.42 Å². The summed E-state index contributed by atoms with van der Waals surface area (Å²) in [6.45, 7) is 11.0. The summed E-state index contributed by atoms with van der Waals surface area (Å²) in [5.41, 5.74) is 4.84. The average Bonchev–Trinajstić information content (AvgIpc) is 2.57. The minimum atomic E-state index is -0.193. The van der Waals surface area contributed by atoms with Crippen LogP contribution in [0.25, 0.3) is 0 Å². The van der Waals surface area contributed by atoms with Gasteiger partial charge in [-0.3, -0.25) is 4.79 Å². The van der Waals surface area contributed by atoms with Gasteiger partial charge in [-0.25, -0.2) is 0 Å². The quantitative estimate of drug-likeness (QED) is 0.135. The lowest BCUT2D eigenvalue weighted by Gasteiger charge is -1.86. The van der Waals surface area contributed by atoms with Crippen molar-refractivity contribution < 1.29 is 4.79 Å². The van der Waals surface area contributed by atoms with Crippen LogP contribution in [0.5, 0.6) is 0 Å². The number of hydrogen-bond acceptors (Lipinski definition) is 2. The SMILES string of the molecule is C#CC.C=CC.CCCCC#N.CCCCC(N)=O.II.II. The third-order valence-electron chi connectivity index (χ3n) is 1.42. The standard InChI is InChI=1S/C5H11NO.C5H9N.C3H6.C3H4.2I2/c1-2-3-4-5(6)7;1-2-3-4-5-6;2*1-3-2;2*1-2/h2-4H2,1H3,(H2,6,7);2-4H2,1H3;3H,1H2,2H3;1H,2H3;;. The van der Waals surface area contributed by atoms with E-state index in [2.05, 4.69) is 106 Å². The molecule has 0 aliphatic rings. The van der Waals surface area contributed by atoms with Crippen molar-refractivity contribution in [1.29, 1.82) is 5.26 Å². The third-order valence-corrected chi connectivity index (χ3v) is 1.42. The number of nitriles is 1. The highest BCUT2D eigenvalue weighted by Crippen LogP contribution is 1.90. The van der Waals surface area contributed by atoms with Gasteiger partial charge in [0.1, 0.15) is 0 Å². The minimum Gasteiger partial charge on any atom is -0.370 e. The molecule has 0 aromatic rings. The van der Waals surface area contributed by atoms with E-state index in [4.69, 9.17) is 11.0 Å². The number of rotatable bonds is 5. The zero-order chi connectivity index (χ0) is 19.9. The molecule has 23 heavy (non-hydrogen) atoms. The largest absolute Gasteiger partial charge is 0.370 e. The predicted molar refractivity (Wildman–Crippen MR) is 140 cm³/mol. The number of nitrogens with two attached hydrogens (primary N) is 1. The van der Waals surface area contributed by atoms with Crippen LogP contribution in [0.2, 0.25) is 0 Å². The van der Waals surface area contributed by atoms with Gasteiger partial charge in [0.25, 0.3) is 0 Å². The number of halogens is 4. The minimum absolute atomic E-state index is 0.193. The van der Waals surface area contributed by atoms with Gasteiger partial charge in [0, 0.05) is 87.3 Å². The number of primary amides is 1. The van der Waals surface area contributed by atoms with E-state index in [-0.39, 0.29) is 5.91 Å². The Bertz CT molecular complexity index is 262. The molecule has 0 spiro atoms. The molecule has 0 heterocycles. The van der Waals surface area contributed by atoms with Gasteiger partial charge in [-0.1, -0.05) is 32.8 Å². The molecule has 0 atom stereocenters. The van der Waals surface area contributed by atoms with E-state index in [0.717, 1.165) is 32.1 Å². The molecular formula is C16H30I4N2O. The Labute approximate surface area is 191 Å². The molecule has 7 heteroatoms. The summed E-state index contributed by atoms with van der Waals surface area (Å²) >= 11 is 8.48. The van der Waals surface area contributed by atoms with E-state index in [1.165, 1.54) is 0 Å². The summed E-state index contributed by atoms with van der Waals surface area (Å²) in [5, 5.41) is 7.95. The molecule has 0 aliphatic heterocycles. The van der Waals surface area contributed by atoms with Gasteiger partial charge in [0.2, 0.25) is 5.91 Å². The Morgan fingerprint density at radius 1 is 1.22 bits per heavy atom. The lowest BCUT2D eigenvalue weighted by molar-refractivity contribution is -0.118. The van der Waals surface area contributed by atoms with Gasteiger partial charge in [-0.05, 0) is 26.7 Å². The summed E-state index contributed by atoms with van der Waals surface area (Å²) in [6, 6.07) is 2.07. The monoisotopic (exact) mass is 774 g/mol. The van der Waals surface area contributed by atoms with Crippen LogP contribution in [0.15, 0.2) is 12.7 Å². The molecule has 0 aliphatic carbocycles. The first-order chi connectivity index (χ1) is 11.0. The molecule has 1 amide bonds. The molecule has 0 aromatic heterocycles. The van der Waals surface area contributed by atoms with E-state index in [1.807, 2.05) is 13.8 Å². The molecule has 3 nitrogen and oxygen atoms in total. The normalized spacial score (nSPS) is 6.00. The van der Waals surface area contributed by atoms with Crippen LogP contribution >= 0.6 is 74.5 Å². The van der Waals surface area contributed by atoms with Gasteiger partial charge in [0.05, 0.1) is 6.07 Å². The molecule has 138 valence electrons. The highest BCUT2D eigenvalue weighted by Gasteiger charge is 1.88. The second-order valence-corrected chi connectivity index (χ2v) is 3.53. The summed E-state index contributed by atoms with van der Waals surface area (Å²) in [6.07, 6.45) is 11.8. The lowest BCUT2D eigenvalue weighted by atomic mass is 10.2. The van der Waals surface area contributed by atoms with E-state index >= 15 is 0 Å². The highest BCUT2D eigenvalue weighted by atomic mass is 128. The van der Waals surface area contributed by atoms with Crippen LogP contribution in [0.1, 0.15) is 66.2 Å². The fourth-order valence-corrected chi connectivity index (χ4v) is 0.607. The van der Waals surface area contributed by atoms with Crippen LogP contribution in [0, 0.1) is 23.7 Å². The molecule has 0 aromatic carbocycles. The molecule has 0 saturated heterocycles. The second kappa shape index (κ2) is 65.6. The van der Waals surface area contributed by atoms with Crippen molar-refractivity contribution in [1.82, 2.24) is 0 Å². The number of hydrogen-bond donors (Lipinski definition) is 1. The predicted octanol–water partition coefficient (Wildman–Crippen LogP) is 7.74. The molecule has 0 rings (SSSR count). The first-order valence-corrected chi connectivity index (χ1v) is 19.5. The number of terminal acetylenes is 1. The maximum absolute atomic E-state index is 9.98. The van der Waals surface area contributed by atoms with Gasteiger partial charge in [0.15, 0.2) is 0 Å². The fourth-order valence-electron chi connectivity index (χ4n) is 0.607. The van der Waals surface area contributed by atoms with E-state index in [9.17, 15) is 4.79 Å². The molecule has 0 unspecified atom stereocenters. The smallest absolute Gasteiger partial charge is 0.217 e. The zero-order valence-corrected chi connectivity index (χ0v) is 23.2. The van der Waals surface area contributed by atoms with Crippen LogP contribution in [0.4, 0.5) is 0 Å². The molecular weight excluding hydrogens is 744 g/mol. The molecule has 0 radical (unpaired) electrons. The maximum Gasteiger partial charge on any atom is 0.217 e. The number of nitrogens with zero attached hydrogens (tertiary/aromatic N) is 1. The Morgan fingerprint density at radius 3 is 1.61 bits per heavy atom. The van der Waals surface area contributed by atoms with E-state index in [1.54, 1.807) is 13.0 Å². The molecule has 0 fully saturated rings. The van der Waals surface area contributed by atoms with Crippen LogP contribution < -0.4 is 5.73 Å². The summed E-state index contributed by atoms with van der Waals surface area (Å²) in [7, 11) is 0. The number of carbonyl (C=O) groups excluding carboxylic acids is 1. The van der Waals surface area contributed by atoms with Gasteiger partial charge >= 0.3 is 0 Å². The molecule has 2 N–H and O–H groups in total. The number of unbranched alkanes of at least 4 members (excludes halogenated alkanes) is 3. The van der Waals surface area contributed by atoms with Gasteiger partial charge in [-0.15, -0.1) is 18.9 Å². The highest BCUT2D eigenvalue weighted by molar-refractivity contribution is 15.0. The van der Waals surface area contributed by atoms with Crippen molar-refractivity contribution in [2.75, 3.05) is 0 Å². The number of amides is 1. The maximum atomic E-state index is 9.98. The van der Waals surface area contributed by atoms with Crippen LogP contribution in [0.3, 0.4) is 0 Å². The van der Waals surface area contributed by atoms with Crippen molar-refractivity contribution in [2.24, 2.45) is 5.73 Å². The van der Waals surface area contributed by atoms with Crippen LogP contribution in [-0.4, -0.2) is 5.91 Å². The average molecular weight is 774 g/mol. The van der Waals surface area contributed by atoms with Crippen molar-refractivity contribution in [3.05, 3.63) is 12.7 Å². The van der Waals surface area contributed by atoms with Crippen molar-refractivity contribution >= 4 is 80.4 Å². The first kappa shape index (κ1) is 39.3. The Balaban J connectivity index is -0.0000000410. The van der Waals surface area contributed by atoms with Gasteiger partial charge in [-0.2, -0.15) is 5.26 Å². The molecule has 0 saturated carbocycles. The molecule has 0 bridgehead atoms. The number of allylic oxidation sites excluding steroid dienone is 1. The fraction of sp³-hybridized carbons (Fsp3) is 0.625. The topological polar surface area (TPSA) is 66.9 Å². The van der Waals surface area contributed by atoms with Crippen molar-refractivity contribution in [3.63, 3.8) is 0 Å². The Hall–Kier alpha value is 1.18. The van der Waals surface area contributed by atoms with Gasteiger partial charge < -0.3 is 5.73 Å². The zero-order valence-electron chi connectivity index (χ0n) is 14.5. The van der Waals surface area contributed by atoms with Crippen molar-refractivity contribution in [2.45, 2.75) is 66.2 Å². The van der Waals surface area contributed by atoms with Crippen molar-refractivity contribution in [3.8, 4) is 18.4 Å². The lowest BCUT2D eigenvalue weighted by Crippen LogP contribution is -2.09. The summed E-state index contributed by atoms with van der Waals surface area (Å²) in [4.78, 5) is 9.98. The number of carbonyl (C=O) groups is 1. The van der Waals surface area contributed by atoms with Crippen LogP contribution in [-0.2, 0) is 4.79 Å². The third kappa shape index (κ3) is 155. The Morgan fingerprint density at radius 2 is 1.52 bits per heavy atom. The second-order valence-electron chi connectivity index (χ2n) is 3.53.